The molecule has 0 aliphatic rings. The quantitative estimate of drug-likeness (QED) is 0.0625. The molecule has 0 aromatic heterocycles. The van der Waals surface area contributed by atoms with Crippen LogP contribution in [0.4, 0.5) is 0 Å². The Morgan fingerprint density at radius 3 is 1.66 bits per heavy atom. The van der Waals surface area contributed by atoms with Gasteiger partial charge in [-0.1, -0.05) is 110 Å². The number of Topliss-reactive ketones (excluding diaryl/α,β-unsaturated/α-hetero) is 1. The van der Waals surface area contributed by atoms with Crippen LogP contribution < -0.4 is 0 Å². The smallest absolute Gasteiger partial charge is 0.312 e. The number of carbonyl (C=O) groups excluding carboxylic acids is 3. The van der Waals surface area contributed by atoms with Gasteiger partial charge in [0.15, 0.2) is 0 Å². The van der Waals surface area contributed by atoms with Gasteiger partial charge in [0.2, 0.25) is 0 Å². The summed E-state index contributed by atoms with van der Waals surface area (Å²) in [6.45, 7) is 42.3. The van der Waals surface area contributed by atoms with Crippen molar-refractivity contribution in [2.75, 3.05) is 51.6 Å². The van der Waals surface area contributed by atoms with Crippen LogP contribution in [-0.4, -0.2) is 83.8 Å². The number of rotatable bonds is 26. The van der Waals surface area contributed by atoms with Crippen LogP contribution in [-0.2, 0) is 28.6 Å². The van der Waals surface area contributed by atoms with Crippen LogP contribution in [0.1, 0.15) is 183 Å². The van der Waals surface area contributed by atoms with E-state index in [1.54, 1.807) is 0 Å². The Hall–Kier alpha value is -0.770. The Morgan fingerprint density at radius 2 is 1.16 bits per heavy atom. The van der Waals surface area contributed by atoms with Crippen molar-refractivity contribution in [3.63, 3.8) is 0 Å². The molecule has 0 aromatic rings. The molecule has 0 spiro atoms. The van der Waals surface area contributed by atoms with E-state index in [0.717, 1.165) is 43.7 Å². The third-order valence-electron chi connectivity index (χ3n) is 10.9. The van der Waals surface area contributed by atoms with Gasteiger partial charge < -0.3 is 14.2 Å². The monoisotopic (exact) mass is 830 g/mol. The molecule has 0 N–H and O–H groups in total. The van der Waals surface area contributed by atoms with Crippen molar-refractivity contribution in [3.8, 4) is 0 Å². The third-order valence-corrected chi connectivity index (χ3v) is 13.9. The van der Waals surface area contributed by atoms with Crippen molar-refractivity contribution < 1.29 is 28.6 Å². The highest BCUT2D eigenvalue weighted by Gasteiger charge is 2.46. The van der Waals surface area contributed by atoms with E-state index in [1.165, 1.54) is 0 Å². The molecule has 2 unspecified atom stereocenters. The fourth-order valence-corrected chi connectivity index (χ4v) is 8.25. The lowest BCUT2D eigenvalue weighted by atomic mass is 9.69. The maximum absolute atomic E-state index is 14.1. The van der Waals surface area contributed by atoms with E-state index in [9.17, 15) is 14.4 Å². The molecular formula is C47H91NO6S2. The van der Waals surface area contributed by atoms with E-state index in [0.29, 0.717) is 38.3 Å². The van der Waals surface area contributed by atoms with Crippen LogP contribution in [0.5, 0.6) is 0 Å². The Morgan fingerprint density at radius 1 is 0.643 bits per heavy atom. The first kappa shape index (κ1) is 55.2. The van der Waals surface area contributed by atoms with Gasteiger partial charge in [0.05, 0.1) is 29.6 Å². The van der Waals surface area contributed by atoms with E-state index in [-0.39, 0.29) is 63.3 Å². The zero-order valence-electron chi connectivity index (χ0n) is 40.4. The van der Waals surface area contributed by atoms with Gasteiger partial charge in [-0.25, -0.2) is 0 Å². The molecule has 0 rings (SSSR count). The normalized spacial score (nSPS) is 15.4. The molecule has 0 aliphatic carbocycles. The number of ether oxygens (including phenoxy) is 3. The molecule has 2 atom stereocenters. The first-order valence-electron chi connectivity index (χ1n) is 21.4. The zero-order chi connectivity index (χ0) is 44.0. The maximum atomic E-state index is 14.1. The van der Waals surface area contributed by atoms with E-state index < -0.39 is 16.2 Å². The van der Waals surface area contributed by atoms with Gasteiger partial charge in [-0.15, -0.1) is 0 Å². The standard InChI is InChI=1S/C47H91NO6S2/c1-36(23-26-41(5,6)7)30-44(14,15)38(50)53-32-47(27-24-37(49)22-21-25-40(2,3)4,31-52-35-48(20)28-29-55-42(8,9)10)33-54-39(51)46(18,19)45(16,17)34-56-43(11,12)13/h36H,21-35H2,1-20H3. The molecule has 0 radical (unpaired) electrons. The van der Waals surface area contributed by atoms with Crippen LogP contribution in [0, 0.1) is 38.4 Å². The number of hydrogen-bond acceptors (Lipinski definition) is 9. The van der Waals surface area contributed by atoms with Crippen molar-refractivity contribution in [1.29, 1.82) is 0 Å². The van der Waals surface area contributed by atoms with E-state index >= 15 is 0 Å². The maximum Gasteiger partial charge on any atom is 0.312 e. The van der Waals surface area contributed by atoms with Gasteiger partial charge in [0, 0.05) is 34.6 Å². The van der Waals surface area contributed by atoms with Crippen LogP contribution in [0.25, 0.3) is 0 Å². The van der Waals surface area contributed by atoms with Crippen LogP contribution in [0.3, 0.4) is 0 Å². The highest BCUT2D eigenvalue weighted by Crippen LogP contribution is 2.45. The Labute approximate surface area is 355 Å². The molecule has 0 amide bonds. The van der Waals surface area contributed by atoms with Crippen molar-refractivity contribution >= 4 is 41.2 Å². The summed E-state index contributed by atoms with van der Waals surface area (Å²) in [4.78, 5) is 43.6. The number of ketones is 1. The number of hydrogen-bond donors (Lipinski definition) is 0. The lowest BCUT2D eigenvalue weighted by molar-refractivity contribution is -0.173. The average molecular weight is 830 g/mol. The predicted octanol–water partition coefficient (Wildman–Crippen LogP) is 12.5. The molecule has 7 nitrogen and oxygen atoms in total. The van der Waals surface area contributed by atoms with E-state index in [2.05, 4.69) is 109 Å². The molecule has 0 saturated heterocycles. The minimum Gasteiger partial charge on any atom is -0.464 e. The molecule has 0 aliphatic heterocycles. The Kier molecular flexibility index (Phi) is 22.4. The summed E-state index contributed by atoms with van der Waals surface area (Å²) in [6, 6.07) is 0. The number of carbonyl (C=O) groups is 3. The van der Waals surface area contributed by atoms with Gasteiger partial charge in [0.1, 0.15) is 19.0 Å². The number of nitrogens with zero attached hydrogens (tertiary/aromatic N) is 1. The molecule has 332 valence electrons. The van der Waals surface area contributed by atoms with Gasteiger partial charge in [0.25, 0.3) is 0 Å². The van der Waals surface area contributed by atoms with Gasteiger partial charge in [-0.2, -0.15) is 23.5 Å². The lowest BCUT2D eigenvalue weighted by Gasteiger charge is -2.42. The van der Waals surface area contributed by atoms with Crippen LogP contribution in [0.15, 0.2) is 0 Å². The molecule has 0 bridgehead atoms. The molecule has 0 saturated carbocycles. The molecule has 0 aromatic carbocycles. The predicted molar refractivity (Wildman–Crippen MR) is 244 cm³/mol. The largest absolute Gasteiger partial charge is 0.464 e. The average Bonchev–Trinajstić information content (AvgIpc) is 3.00. The molecule has 9 heteroatoms. The lowest BCUT2D eigenvalue weighted by Crippen LogP contribution is -2.46. The van der Waals surface area contributed by atoms with Crippen LogP contribution in [0.2, 0.25) is 0 Å². The molecule has 0 fully saturated rings. The second-order valence-corrected chi connectivity index (χ2v) is 27.0. The Bertz CT molecular complexity index is 1180. The topological polar surface area (TPSA) is 82.1 Å². The molecule has 0 heterocycles. The molecule has 56 heavy (non-hydrogen) atoms. The molecular weight excluding hydrogens is 739 g/mol. The van der Waals surface area contributed by atoms with Crippen molar-refractivity contribution in [2.24, 2.45) is 38.4 Å². The fraction of sp³-hybridized carbons (Fsp3) is 0.936. The highest BCUT2D eigenvalue weighted by molar-refractivity contribution is 8.00. The van der Waals surface area contributed by atoms with Crippen molar-refractivity contribution in [2.45, 2.75) is 192 Å². The summed E-state index contributed by atoms with van der Waals surface area (Å²) in [7, 11) is 2.03. The zero-order valence-corrected chi connectivity index (χ0v) is 42.0. The summed E-state index contributed by atoms with van der Waals surface area (Å²) in [5.74, 6) is 1.70. The summed E-state index contributed by atoms with van der Waals surface area (Å²) in [6.07, 6.45) is 5.79. The third kappa shape index (κ3) is 24.3. The van der Waals surface area contributed by atoms with Gasteiger partial charge in [-0.05, 0) is 94.8 Å². The summed E-state index contributed by atoms with van der Waals surface area (Å²) >= 11 is 3.75. The van der Waals surface area contributed by atoms with Gasteiger partial charge in [-0.3, -0.25) is 19.3 Å². The van der Waals surface area contributed by atoms with Crippen molar-refractivity contribution in [1.82, 2.24) is 4.90 Å². The second kappa shape index (κ2) is 22.7. The van der Waals surface area contributed by atoms with E-state index in [1.807, 2.05) is 58.3 Å². The fourth-order valence-electron chi connectivity index (χ4n) is 6.08. The first-order chi connectivity index (χ1) is 25.0. The highest BCUT2D eigenvalue weighted by atomic mass is 32.2. The van der Waals surface area contributed by atoms with Crippen LogP contribution >= 0.6 is 23.5 Å². The second-order valence-electron chi connectivity index (χ2n) is 23.3. The minimum absolute atomic E-state index is 0.00146. The van der Waals surface area contributed by atoms with E-state index in [4.69, 9.17) is 14.2 Å². The summed E-state index contributed by atoms with van der Waals surface area (Å²) in [5, 5.41) is 0. The summed E-state index contributed by atoms with van der Waals surface area (Å²) in [5.41, 5.74) is -2.38. The van der Waals surface area contributed by atoms with Gasteiger partial charge >= 0.3 is 11.9 Å². The first-order valence-corrected chi connectivity index (χ1v) is 23.4. The number of esters is 2. The minimum atomic E-state index is -0.902. The van der Waals surface area contributed by atoms with Crippen molar-refractivity contribution in [3.05, 3.63) is 0 Å². The SMILES string of the molecule is CC(CCC(C)(C)C)CC(C)(C)C(=O)OCC(CCC(=O)CCCC(C)(C)C)(COCN(C)CCSC(C)(C)C)COC(=O)C(C)(C)C(C)(C)CSC(C)(C)C. The summed E-state index contributed by atoms with van der Waals surface area (Å²) < 4.78 is 19.2. The number of thioether (sulfide) groups is 2. The Balaban J connectivity index is 6.51.